The van der Waals surface area contributed by atoms with Crippen LogP contribution in [0, 0.1) is 0 Å². The molecule has 0 spiro atoms. The van der Waals surface area contributed by atoms with Gasteiger partial charge in [0.2, 0.25) is 5.95 Å². The van der Waals surface area contributed by atoms with Crippen LogP contribution in [0.5, 0.6) is 0 Å². The van der Waals surface area contributed by atoms with Crippen molar-refractivity contribution in [2.24, 2.45) is 0 Å². The minimum absolute atomic E-state index is 0.321. The number of pyridine rings is 2. The highest BCUT2D eigenvalue weighted by Gasteiger charge is 2.16. The van der Waals surface area contributed by atoms with Crippen molar-refractivity contribution in [3.05, 3.63) is 57.1 Å². The summed E-state index contributed by atoms with van der Waals surface area (Å²) in [6.07, 6.45) is 3.31. The van der Waals surface area contributed by atoms with Crippen LogP contribution >= 0.6 is 23.2 Å². The number of nitrogens with one attached hydrogen (secondary N) is 1. The van der Waals surface area contributed by atoms with Crippen molar-refractivity contribution in [2.45, 2.75) is 0 Å². The number of hydrogen-bond donors (Lipinski definition) is 1. The molecule has 0 aliphatic heterocycles. The van der Waals surface area contributed by atoms with Gasteiger partial charge in [0, 0.05) is 24.5 Å². The van der Waals surface area contributed by atoms with Gasteiger partial charge in [0.05, 0.1) is 21.8 Å². The van der Waals surface area contributed by atoms with Gasteiger partial charge < -0.3 is 5.32 Å². The molecular weight excluding hydrogens is 311 g/mol. The normalized spacial score (nSPS) is 10.8. The van der Waals surface area contributed by atoms with Crippen molar-refractivity contribution in [3.63, 3.8) is 0 Å². The fourth-order valence-electron chi connectivity index (χ4n) is 2.14. The molecule has 0 radical (unpaired) electrons. The van der Waals surface area contributed by atoms with E-state index in [4.69, 9.17) is 23.2 Å². The van der Waals surface area contributed by atoms with Gasteiger partial charge in [0.1, 0.15) is 0 Å². The van der Waals surface area contributed by atoms with Gasteiger partial charge >= 0.3 is 0 Å². The molecule has 21 heavy (non-hydrogen) atoms. The van der Waals surface area contributed by atoms with Gasteiger partial charge in [-0.25, -0.2) is 0 Å². The lowest BCUT2D eigenvalue weighted by atomic mass is 10.1. The predicted octanol–water partition coefficient (Wildman–Crippen LogP) is 3.11. The Morgan fingerprint density at radius 3 is 2.81 bits per heavy atom. The minimum atomic E-state index is -0.415. The van der Waals surface area contributed by atoms with Crippen LogP contribution in [0.1, 0.15) is 0 Å². The SMILES string of the molecule is CNc1nc(=O)c(-c2ncccc2Cl)c2cc(Cl)ccn12. The molecule has 7 heteroatoms. The van der Waals surface area contributed by atoms with Crippen LogP contribution in [0.2, 0.25) is 10.0 Å². The fourth-order valence-corrected chi connectivity index (χ4v) is 2.51. The van der Waals surface area contributed by atoms with E-state index in [-0.39, 0.29) is 0 Å². The standard InChI is InChI=1S/C14H10Cl2N4O/c1-17-14-19-13(21)11(12-9(16)3-2-5-18-12)10-7-8(15)4-6-20(10)14/h2-7H,1H3,(H,17,19,21). The van der Waals surface area contributed by atoms with Crippen molar-refractivity contribution in [3.8, 4) is 11.3 Å². The molecule has 0 bridgehead atoms. The molecule has 0 saturated heterocycles. The van der Waals surface area contributed by atoms with Crippen molar-refractivity contribution >= 4 is 34.7 Å². The van der Waals surface area contributed by atoms with Crippen LogP contribution in [0.15, 0.2) is 41.5 Å². The zero-order chi connectivity index (χ0) is 15.0. The Balaban J connectivity index is 2.48. The predicted molar refractivity (Wildman–Crippen MR) is 84.3 cm³/mol. The van der Waals surface area contributed by atoms with Crippen LogP contribution < -0.4 is 10.9 Å². The van der Waals surface area contributed by atoms with E-state index < -0.39 is 5.56 Å². The highest BCUT2D eigenvalue weighted by molar-refractivity contribution is 6.33. The van der Waals surface area contributed by atoms with Gasteiger partial charge in [-0.15, -0.1) is 0 Å². The molecule has 0 unspecified atom stereocenters. The van der Waals surface area contributed by atoms with Gasteiger partial charge in [0.15, 0.2) is 0 Å². The molecule has 0 saturated carbocycles. The molecule has 0 atom stereocenters. The van der Waals surface area contributed by atoms with Gasteiger partial charge in [-0.3, -0.25) is 14.2 Å². The molecule has 3 aromatic rings. The fraction of sp³-hybridized carbons (Fsp3) is 0.0714. The average Bonchev–Trinajstić information content (AvgIpc) is 2.47. The van der Waals surface area contributed by atoms with Gasteiger partial charge in [0.25, 0.3) is 5.56 Å². The topological polar surface area (TPSA) is 59.3 Å². The van der Waals surface area contributed by atoms with E-state index in [1.165, 1.54) is 0 Å². The second-order valence-corrected chi connectivity index (χ2v) is 5.14. The summed E-state index contributed by atoms with van der Waals surface area (Å²) in [5, 5.41) is 3.77. The van der Waals surface area contributed by atoms with Crippen molar-refractivity contribution < 1.29 is 0 Å². The van der Waals surface area contributed by atoms with Crippen LogP contribution in [0.3, 0.4) is 0 Å². The number of rotatable bonds is 2. The van der Waals surface area contributed by atoms with Gasteiger partial charge in [-0.1, -0.05) is 23.2 Å². The monoisotopic (exact) mass is 320 g/mol. The van der Waals surface area contributed by atoms with Crippen LogP contribution in [-0.4, -0.2) is 21.4 Å². The maximum Gasteiger partial charge on any atom is 0.284 e. The van der Waals surface area contributed by atoms with Crippen molar-refractivity contribution in [1.29, 1.82) is 0 Å². The Labute approximate surface area is 130 Å². The van der Waals surface area contributed by atoms with E-state index in [1.807, 2.05) is 0 Å². The Kier molecular flexibility index (Phi) is 3.53. The largest absolute Gasteiger partial charge is 0.358 e. The number of hydrogen-bond acceptors (Lipinski definition) is 4. The third-order valence-electron chi connectivity index (χ3n) is 3.04. The van der Waals surface area contributed by atoms with E-state index in [0.717, 1.165) is 0 Å². The molecule has 0 fully saturated rings. The first-order valence-electron chi connectivity index (χ1n) is 6.12. The lowest BCUT2D eigenvalue weighted by molar-refractivity contribution is 1.04. The summed E-state index contributed by atoms with van der Waals surface area (Å²) in [5.41, 5.74) is 0.885. The summed E-state index contributed by atoms with van der Waals surface area (Å²) in [5.74, 6) is 0.419. The lowest BCUT2D eigenvalue weighted by Gasteiger charge is -2.12. The molecule has 0 aliphatic carbocycles. The molecule has 3 aromatic heterocycles. The maximum absolute atomic E-state index is 12.4. The summed E-state index contributed by atoms with van der Waals surface area (Å²) in [6, 6.07) is 6.78. The highest BCUT2D eigenvalue weighted by Crippen LogP contribution is 2.28. The van der Waals surface area contributed by atoms with Crippen molar-refractivity contribution in [2.75, 3.05) is 12.4 Å². The quantitative estimate of drug-likeness (QED) is 0.788. The summed E-state index contributed by atoms with van der Waals surface area (Å²) in [6.45, 7) is 0. The number of fused-ring (bicyclic) bond motifs is 1. The zero-order valence-electron chi connectivity index (χ0n) is 11.0. The Bertz CT molecular complexity index is 892. The molecule has 1 N–H and O–H groups in total. The summed E-state index contributed by atoms with van der Waals surface area (Å²) >= 11 is 12.2. The van der Waals surface area contributed by atoms with Gasteiger partial charge in [-0.2, -0.15) is 4.98 Å². The summed E-state index contributed by atoms with van der Waals surface area (Å²) < 4.78 is 1.73. The first-order chi connectivity index (χ1) is 10.1. The molecule has 0 aromatic carbocycles. The average molecular weight is 321 g/mol. The number of aromatic nitrogens is 3. The minimum Gasteiger partial charge on any atom is -0.358 e. The van der Waals surface area contributed by atoms with E-state index in [9.17, 15) is 4.79 Å². The number of nitrogens with zero attached hydrogens (tertiary/aromatic N) is 3. The molecule has 5 nitrogen and oxygen atoms in total. The smallest absolute Gasteiger partial charge is 0.284 e. The second kappa shape index (κ2) is 5.35. The number of halogens is 2. The molecule has 3 heterocycles. The third-order valence-corrected chi connectivity index (χ3v) is 3.58. The number of anilines is 1. The Morgan fingerprint density at radius 1 is 1.29 bits per heavy atom. The lowest BCUT2D eigenvalue weighted by Crippen LogP contribution is -2.17. The van der Waals surface area contributed by atoms with Gasteiger partial charge in [-0.05, 0) is 24.3 Å². The zero-order valence-corrected chi connectivity index (χ0v) is 12.5. The first-order valence-corrected chi connectivity index (χ1v) is 6.88. The molecule has 0 amide bonds. The molecule has 106 valence electrons. The maximum atomic E-state index is 12.4. The Hall–Kier alpha value is -2.11. The summed E-state index contributed by atoms with van der Waals surface area (Å²) in [7, 11) is 1.69. The Morgan fingerprint density at radius 2 is 2.10 bits per heavy atom. The van der Waals surface area contributed by atoms with Crippen LogP contribution in [-0.2, 0) is 0 Å². The highest BCUT2D eigenvalue weighted by atomic mass is 35.5. The van der Waals surface area contributed by atoms with E-state index >= 15 is 0 Å². The first kappa shape index (κ1) is 13.9. The van der Waals surface area contributed by atoms with Crippen LogP contribution in [0.4, 0.5) is 5.95 Å². The molecule has 3 rings (SSSR count). The van der Waals surface area contributed by atoms with E-state index in [2.05, 4.69) is 15.3 Å². The van der Waals surface area contributed by atoms with Crippen molar-refractivity contribution in [1.82, 2.24) is 14.4 Å². The van der Waals surface area contributed by atoms with E-state index in [0.29, 0.717) is 32.8 Å². The molecular formula is C14H10Cl2N4O. The van der Waals surface area contributed by atoms with E-state index in [1.54, 1.807) is 48.1 Å². The molecule has 0 aliphatic rings. The second-order valence-electron chi connectivity index (χ2n) is 4.30. The third kappa shape index (κ3) is 2.34. The summed E-state index contributed by atoms with van der Waals surface area (Å²) in [4.78, 5) is 20.6. The van der Waals surface area contributed by atoms with Crippen LogP contribution in [0.25, 0.3) is 16.8 Å².